The minimum atomic E-state index is 0.882. The second kappa shape index (κ2) is 9.59. The number of pyridine rings is 1. The molecule has 0 bridgehead atoms. The summed E-state index contributed by atoms with van der Waals surface area (Å²) in [7, 11) is 0. The Morgan fingerprint density at radius 1 is 0.793 bits per heavy atom. The van der Waals surface area contributed by atoms with E-state index in [1.54, 1.807) is 0 Å². The van der Waals surface area contributed by atoms with E-state index in [1.165, 1.54) is 0 Å². The predicted octanol–water partition coefficient (Wildman–Crippen LogP) is 4.39. The topological polar surface area (TPSA) is 31.7 Å². The summed E-state index contributed by atoms with van der Waals surface area (Å²) in [5, 5.41) is 0. The lowest BCUT2D eigenvalue weighted by molar-refractivity contribution is 0.131. The van der Waals surface area contributed by atoms with E-state index in [0.29, 0.717) is 0 Å². The highest BCUT2D eigenvalue weighted by Crippen LogP contribution is 2.18. The third kappa shape index (κ3) is 5.17. The highest BCUT2D eigenvalue weighted by molar-refractivity contribution is 6.13. The second-order valence-corrected chi connectivity index (χ2v) is 7.41. The van der Waals surface area contributed by atoms with Crippen LogP contribution in [0.5, 0.6) is 0 Å². The van der Waals surface area contributed by atoms with E-state index in [4.69, 9.17) is 9.98 Å². The largest absolute Gasteiger partial charge is 0.301 e. The molecule has 0 saturated carbocycles. The molecule has 1 aromatic heterocycles. The first kappa shape index (κ1) is 19.5. The fourth-order valence-corrected chi connectivity index (χ4v) is 3.69. The van der Waals surface area contributed by atoms with Gasteiger partial charge in [-0.25, -0.2) is 4.99 Å². The zero-order chi connectivity index (χ0) is 19.9. The number of likely N-dealkylation sites (N-methyl/N-ethyl adjacent to an activating group) is 1. The summed E-state index contributed by atoms with van der Waals surface area (Å²) < 4.78 is 0. The lowest BCUT2D eigenvalue weighted by Crippen LogP contribution is -2.45. The van der Waals surface area contributed by atoms with E-state index in [0.717, 1.165) is 67.5 Å². The van der Waals surface area contributed by atoms with Gasteiger partial charge in [-0.05, 0) is 18.7 Å². The summed E-state index contributed by atoms with van der Waals surface area (Å²) in [6, 6.07) is 24.8. The van der Waals surface area contributed by atoms with Gasteiger partial charge in [0.25, 0.3) is 0 Å². The van der Waals surface area contributed by atoms with E-state index < -0.39 is 0 Å². The molecule has 1 saturated heterocycles. The van der Waals surface area contributed by atoms with Gasteiger partial charge in [0, 0.05) is 43.9 Å². The van der Waals surface area contributed by atoms with Crippen LogP contribution in [0.15, 0.2) is 84.0 Å². The quantitative estimate of drug-likeness (QED) is 0.591. The Labute approximate surface area is 173 Å². The van der Waals surface area contributed by atoms with E-state index in [-0.39, 0.29) is 0 Å². The van der Waals surface area contributed by atoms with Crippen LogP contribution in [0.1, 0.15) is 23.7 Å². The smallest absolute Gasteiger partial charge is 0.0820 e. The monoisotopic (exact) mass is 384 g/mol. The molecule has 1 aliphatic rings. The molecule has 1 fully saturated rings. The summed E-state index contributed by atoms with van der Waals surface area (Å²) in [5.74, 6) is 0. The zero-order valence-electron chi connectivity index (χ0n) is 17.0. The van der Waals surface area contributed by atoms with Gasteiger partial charge in [0.2, 0.25) is 0 Å². The van der Waals surface area contributed by atoms with Gasteiger partial charge in [0.05, 0.1) is 23.3 Å². The molecular weight excluding hydrogens is 356 g/mol. The number of nitrogens with zero attached hydrogens (tertiary/aromatic N) is 4. The molecular formula is C25H28N4. The maximum absolute atomic E-state index is 4.94. The van der Waals surface area contributed by atoms with Crippen LogP contribution >= 0.6 is 0 Å². The molecule has 3 aromatic rings. The maximum Gasteiger partial charge on any atom is 0.0820 e. The molecule has 0 unspecified atom stereocenters. The van der Waals surface area contributed by atoms with Crippen molar-refractivity contribution in [1.82, 2.24) is 14.8 Å². The normalized spacial score (nSPS) is 15.2. The van der Waals surface area contributed by atoms with Crippen molar-refractivity contribution in [1.29, 1.82) is 0 Å². The number of piperazine rings is 1. The van der Waals surface area contributed by atoms with Gasteiger partial charge in [-0.15, -0.1) is 0 Å². The molecule has 2 aromatic carbocycles. The number of hydrogen-bond acceptors (Lipinski definition) is 4. The Kier molecular flexibility index (Phi) is 6.45. The van der Waals surface area contributed by atoms with Crippen LogP contribution in [-0.4, -0.2) is 53.2 Å². The van der Waals surface area contributed by atoms with Gasteiger partial charge < -0.3 is 4.90 Å². The number of hydrogen-bond donors (Lipinski definition) is 0. The van der Waals surface area contributed by atoms with E-state index in [1.807, 2.05) is 42.6 Å². The maximum atomic E-state index is 4.94. The molecule has 4 heteroatoms. The highest BCUT2D eigenvalue weighted by atomic mass is 15.3. The van der Waals surface area contributed by atoms with Crippen LogP contribution in [0.25, 0.3) is 0 Å². The lowest BCUT2D eigenvalue weighted by Gasteiger charge is -2.33. The van der Waals surface area contributed by atoms with E-state index >= 15 is 0 Å². The molecule has 2 heterocycles. The van der Waals surface area contributed by atoms with Crippen molar-refractivity contribution in [3.63, 3.8) is 0 Å². The Hall–Kier alpha value is -2.82. The molecule has 1 aliphatic heterocycles. The zero-order valence-corrected chi connectivity index (χ0v) is 17.0. The highest BCUT2D eigenvalue weighted by Gasteiger charge is 2.15. The number of benzene rings is 2. The summed E-state index contributed by atoms with van der Waals surface area (Å²) >= 11 is 0. The molecule has 0 aliphatic carbocycles. The Morgan fingerprint density at radius 3 is 1.90 bits per heavy atom. The van der Waals surface area contributed by atoms with E-state index in [9.17, 15) is 0 Å². The summed E-state index contributed by atoms with van der Waals surface area (Å²) in [6.45, 7) is 8.81. The number of aliphatic imine (C=N–C) groups is 1. The van der Waals surface area contributed by atoms with Crippen molar-refractivity contribution in [3.05, 3.63) is 95.8 Å². The van der Waals surface area contributed by atoms with Crippen molar-refractivity contribution in [2.24, 2.45) is 4.99 Å². The van der Waals surface area contributed by atoms with Crippen molar-refractivity contribution >= 4 is 11.4 Å². The standard InChI is InChI=1S/C25H28N4/c1-2-28-15-17-29(18-16-28)20-24-14-13-23(19-26-24)27-25(21-9-5-3-6-10-21)22-11-7-4-8-12-22/h3-14,19H,2,15-18,20H2,1H3. The van der Waals surface area contributed by atoms with Crippen LogP contribution in [0.3, 0.4) is 0 Å². The van der Waals surface area contributed by atoms with Crippen LogP contribution in [-0.2, 0) is 6.54 Å². The SMILES string of the molecule is CCN1CCN(Cc2ccc(N=C(c3ccccc3)c3ccccc3)cn2)CC1. The summed E-state index contributed by atoms with van der Waals surface area (Å²) in [6.07, 6.45) is 1.89. The first-order valence-electron chi connectivity index (χ1n) is 10.4. The number of aromatic nitrogens is 1. The lowest BCUT2D eigenvalue weighted by atomic mass is 10.0. The summed E-state index contributed by atoms with van der Waals surface area (Å²) in [5.41, 5.74) is 5.17. The average molecular weight is 385 g/mol. The molecule has 4 nitrogen and oxygen atoms in total. The molecule has 0 radical (unpaired) electrons. The van der Waals surface area contributed by atoms with Crippen molar-refractivity contribution in [2.45, 2.75) is 13.5 Å². The fourth-order valence-electron chi connectivity index (χ4n) is 3.69. The molecule has 0 atom stereocenters. The van der Waals surface area contributed by atoms with E-state index in [2.05, 4.69) is 53.1 Å². The molecule has 148 valence electrons. The Bertz CT molecular complexity index is 871. The molecule has 0 amide bonds. The molecule has 0 spiro atoms. The van der Waals surface area contributed by atoms with Gasteiger partial charge >= 0.3 is 0 Å². The third-order valence-corrected chi connectivity index (χ3v) is 5.44. The van der Waals surface area contributed by atoms with Gasteiger partial charge in [0.1, 0.15) is 0 Å². The van der Waals surface area contributed by atoms with Gasteiger partial charge in [-0.3, -0.25) is 9.88 Å². The predicted molar refractivity (Wildman–Crippen MR) is 120 cm³/mol. The fraction of sp³-hybridized carbons (Fsp3) is 0.280. The van der Waals surface area contributed by atoms with Crippen molar-refractivity contribution in [2.75, 3.05) is 32.7 Å². The van der Waals surface area contributed by atoms with Crippen LogP contribution in [0.4, 0.5) is 5.69 Å². The van der Waals surface area contributed by atoms with Crippen LogP contribution in [0.2, 0.25) is 0 Å². The molecule has 4 rings (SSSR count). The van der Waals surface area contributed by atoms with Crippen LogP contribution < -0.4 is 0 Å². The first-order valence-corrected chi connectivity index (χ1v) is 10.4. The minimum absolute atomic E-state index is 0.882. The Balaban J connectivity index is 1.51. The summed E-state index contributed by atoms with van der Waals surface area (Å²) in [4.78, 5) is 14.6. The van der Waals surface area contributed by atoms with Gasteiger partial charge in [0.15, 0.2) is 0 Å². The van der Waals surface area contributed by atoms with Gasteiger partial charge in [-0.2, -0.15) is 0 Å². The number of rotatable bonds is 6. The minimum Gasteiger partial charge on any atom is -0.301 e. The van der Waals surface area contributed by atoms with Crippen molar-refractivity contribution in [3.8, 4) is 0 Å². The molecule has 0 N–H and O–H groups in total. The van der Waals surface area contributed by atoms with Crippen molar-refractivity contribution < 1.29 is 0 Å². The third-order valence-electron chi connectivity index (χ3n) is 5.44. The molecule has 29 heavy (non-hydrogen) atoms. The first-order chi connectivity index (χ1) is 14.3. The second-order valence-electron chi connectivity index (χ2n) is 7.41. The average Bonchev–Trinajstić information content (AvgIpc) is 2.80. The van der Waals surface area contributed by atoms with Crippen LogP contribution in [0, 0.1) is 0 Å². The van der Waals surface area contributed by atoms with Gasteiger partial charge in [-0.1, -0.05) is 67.6 Å². The Morgan fingerprint density at radius 2 is 1.38 bits per heavy atom.